The van der Waals surface area contributed by atoms with Gasteiger partial charge in [0.25, 0.3) is 0 Å². The van der Waals surface area contributed by atoms with Crippen molar-refractivity contribution in [3.63, 3.8) is 0 Å². The summed E-state index contributed by atoms with van der Waals surface area (Å²) in [7, 11) is 0. The summed E-state index contributed by atoms with van der Waals surface area (Å²) >= 11 is 3.86. The molecule has 0 aromatic carbocycles. The maximum absolute atomic E-state index is 5.58. The molecular weight excluding hydrogens is 188 g/mol. The molecule has 0 rings (SSSR count). The number of hydrogen-bond donors (Lipinski definition) is 2. The topological polar surface area (TPSA) is 38.0 Å². The van der Waals surface area contributed by atoms with Gasteiger partial charge < -0.3 is 11.1 Å². The summed E-state index contributed by atoms with van der Waals surface area (Å²) in [6.45, 7) is 6.16. The molecule has 0 aromatic heterocycles. The minimum Gasteiger partial charge on any atom is -0.328 e. The van der Waals surface area contributed by atoms with E-state index in [4.69, 9.17) is 5.73 Å². The molecular formula is C8H20N2S2. The molecule has 0 saturated carbocycles. The number of rotatable bonds is 8. The Morgan fingerprint density at radius 1 is 1.33 bits per heavy atom. The van der Waals surface area contributed by atoms with Crippen molar-refractivity contribution in [3.8, 4) is 0 Å². The lowest BCUT2D eigenvalue weighted by molar-refractivity contribution is 0.685. The van der Waals surface area contributed by atoms with Gasteiger partial charge in [0, 0.05) is 18.8 Å². The lowest BCUT2D eigenvalue weighted by Gasteiger charge is -2.14. The van der Waals surface area contributed by atoms with Crippen LogP contribution < -0.4 is 11.1 Å². The van der Waals surface area contributed by atoms with E-state index in [1.807, 2.05) is 23.5 Å². The van der Waals surface area contributed by atoms with Gasteiger partial charge >= 0.3 is 0 Å². The highest BCUT2D eigenvalue weighted by atomic mass is 32.2. The molecule has 0 aliphatic rings. The Morgan fingerprint density at radius 3 is 2.58 bits per heavy atom. The van der Waals surface area contributed by atoms with Crippen molar-refractivity contribution in [2.45, 2.75) is 19.2 Å². The molecule has 74 valence electrons. The van der Waals surface area contributed by atoms with E-state index in [0.717, 1.165) is 18.8 Å². The molecule has 1 unspecified atom stereocenters. The predicted octanol–water partition coefficient (Wildman–Crippen LogP) is 1.37. The quantitative estimate of drug-likeness (QED) is 0.467. The average Bonchev–Trinajstić information content (AvgIpc) is 2.10. The predicted molar refractivity (Wildman–Crippen MR) is 62.0 cm³/mol. The zero-order chi connectivity index (χ0) is 9.23. The van der Waals surface area contributed by atoms with Crippen LogP contribution >= 0.6 is 23.5 Å². The Bertz CT molecular complexity index is 91.1. The summed E-state index contributed by atoms with van der Waals surface area (Å²) in [5.74, 6) is 3.53. The fourth-order valence-corrected chi connectivity index (χ4v) is 2.17. The first-order chi connectivity index (χ1) is 5.85. The summed E-state index contributed by atoms with van der Waals surface area (Å²) in [5.41, 5.74) is 5.58. The van der Waals surface area contributed by atoms with Gasteiger partial charge in [-0.2, -0.15) is 11.8 Å². The highest BCUT2D eigenvalue weighted by molar-refractivity contribution is 8.00. The molecule has 1 atom stereocenters. The summed E-state index contributed by atoms with van der Waals surface area (Å²) in [5, 5.41) is 3.87. The molecule has 4 heteroatoms. The third-order valence-corrected chi connectivity index (χ3v) is 3.40. The smallest absolute Gasteiger partial charge is 0.0656 e. The van der Waals surface area contributed by atoms with E-state index in [1.165, 1.54) is 11.5 Å². The highest BCUT2D eigenvalue weighted by Crippen LogP contribution is 2.05. The Labute approximate surface area is 84.4 Å². The van der Waals surface area contributed by atoms with Crippen molar-refractivity contribution < 1.29 is 0 Å². The Kier molecular flexibility index (Phi) is 10.2. The van der Waals surface area contributed by atoms with Crippen LogP contribution in [0.15, 0.2) is 0 Å². The normalized spacial score (nSPS) is 13.2. The second kappa shape index (κ2) is 9.71. The first-order valence-electron chi connectivity index (χ1n) is 4.47. The minimum atomic E-state index is 0.451. The number of hydrogen-bond acceptors (Lipinski definition) is 4. The molecule has 0 aromatic rings. The van der Waals surface area contributed by atoms with Crippen LogP contribution in [0.1, 0.15) is 13.8 Å². The molecule has 2 nitrogen and oxygen atoms in total. The number of thioether (sulfide) groups is 2. The second-order valence-electron chi connectivity index (χ2n) is 2.33. The average molecular weight is 208 g/mol. The van der Waals surface area contributed by atoms with Crippen LogP contribution in [0.4, 0.5) is 0 Å². The van der Waals surface area contributed by atoms with Gasteiger partial charge in [-0.1, -0.05) is 13.8 Å². The zero-order valence-corrected chi connectivity index (χ0v) is 9.64. The largest absolute Gasteiger partial charge is 0.328 e. The van der Waals surface area contributed by atoms with E-state index in [-0.39, 0.29) is 0 Å². The van der Waals surface area contributed by atoms with Gasteiger partial charge in [-0.25, -0.2) is 0 Å². The van der Waals surface area contributed by atoms with Gasteiger partial charge in [-0.05, 0) is 11.5 Å². The Balaban J connectivity index is 3.19. The maximum atomic E-state index is 5.58. The third-order valence-electron chi connectivity index (χ3n) is 1.40. The van der Waals surface area contributed by atoms with E-state index in [0.29, 0.717) is 5.37 Å². The van der Waals surface area contributed by atoms with E-state index in [2.05, 4.69) is 19.2 Å². The first-order valence-corrected chi connectivity index (χ1v) is 6.68. The van der Waals surface area contributed by atoms with Crippen molar-refractivity contribution >= 4 is 23.5 Å². The second-order valence-corrected chi connectivity index (χ2v) is 5.20. The number of nitrogens with two attached hydrogens (primary N) is 1. The molecule has 0 radical (unpaired) electrons. The summed E-state index contributed by atoms with van der Waals surface area (Å²) in [6, 6.07) is 0. The van der Waals surface area contributed by atoms with E-state index < -0.39 is 0 Å². The maximum Gasteiger partial charge on any atom is 0.0656 e. The first kappa shape index (κ1) is 12.6. The van der Waals surface area contributed by atoms with Gasteiger partial charge in [0.1, 0.15) is 0 Å². The van der Waals surface area contributed by atoms with Crippen molar-refractivity contribution in [2.75, 3.05) is 30.3 Å². The van der Waals surface area contributed by atoms with Crippen molar-refractivity contribution in [2.24, 2.45) is 5.73 Å². The van der Waals surface area contributed by atoms with Crippen LogP contribution in [0.3, 0.4) is 0 Å². The monoisotopic (exact) mass is 208 g/mol. The van der Waals surface area contributed by atoms with Gasteiger partial charge in [0.15, 0.2) is 0 Å². The Hall–Kier alpha value is 0.620. The molecule has 0 bridgehead atoms. The fourth-order valence-electron chi connectivity index (χ4n) is 0.848. The molecule has 3 N–H and O–H groups in total. The minimum absolute atomic E-state index is 0.451. The van der Waals surface area contributed by atoms with Crippen molar-refractivity contribution in [1.29, 1.82) is 0 Å². The van der Waals surface area contributed by atoms with Crippen LogP contribution in [-0.2, 0) is 0 Å². The molecule has 0 spiro atoms. The van der Waals surface area contributed by atoms with Gasteiger partial charge in [-0.3, -0.25) is 0 Å². The third kappa shape index (κ3) is 7.28. The highest BCUT2D eigenvalue weighted by Gasteiger charge is 2.02. The van der Waals surface area contributed by atoms with Crippen LogP contribution in [0.25, 0.3) is 0 Å². The standard InChI is InChI=1S/C8H20N2S2/c1-3-11-6-5-10-8(7-9)12-4-2/h8,10H,3-7,9H2,1-2H3. The van der Waals surface area contributed by atoms with E-state index >= 15 is 0 Å². The van der Waals surface area contributed by atoms with Crippen molar-refractivity contribution in [1.82, 2.24) is 5.32 Å². The molecule has 0 fully saturated rings. The SMILES string of the molecule is CCSCCNC(CN)SCC. The summed E-state index contributed by atoms with van der Waals surface area (Å²) < 4.78 is 0. The zero-order valence-electron chi connectivity index (χ0n) is 8.01. The Morgan fingerprint density at radius 2 is 2.08 bits per heavy atom. The van der Waals surface area contributed by atoms with Crippen LogP contribution in [0.2, 0.25) is 0 Å². The summed E-state index contributed by atoms with van der Waals surface area (Å²) in [4.78, 5) is 0. The molecule has 0 amide bonds. The van der Waals surface area contributed by atoms with Gasteiger partial charge in [-0.15, -0.1) is 11.8 Å². The van der Waals surface area contributed by atoms with Crippen LogP contribution in [0, 0.1) is 0 Å². The lowest BCUT2D eigenvalue weighted by atomic mass is 10.6. The lowest BCUT2D eigenvalue weighted by Crippen LogP contribution is -2.34. The molecule has 0 saturated heterocycles. The van der Waals surface area contributed by atoms with Crippen molar-refractivity contribution in [3.05, 3.63) is 0 Å². The van der Waals surface area contributed by atoms with Gasteiger partial charge in [0.2, 0.25) is 0 Å². The molecule has 0 aliphatic carbocycles. The van der Waals surface area contributed by atoms with Crippen LogP contribution in [-0.4, -0.2) is 35.7 Å². The van der Waals surface area contributed by atoms with E-state index in [9.17, 15) is 0 Å². The van der Waals surface area contributed by atoms with E-state index in [1.54, 1.807) is 0 Å². The number of nitrogens with one attached hydrogen (secondary N) is 1. The van der Waals surface area contributed by atoms with Gasteiger partial charge in [0.05, 0.1) is 5.37 Å². The summed E-state index contributed by atoms with van der Waals surface area (Å²) in [6.07, 6.45) is 0. The molecule has 0 aliphatic heterocycles. The fraction of sp³-hybridized carbons (Fsp3) is 1.00. The molecule has 12 heavy (non-hydrogen) atoms. The van der Waals surface area contributed by atoms with Crippen LogP contribution in [0.5, 0.6) is 0 Å². The molecule has 0 heterocycles.